The van der Waals surface area contributed by atoms with Gasteiger partial charge in [0.2, 0.25) is 0 Å². The highest BCUT2D eigenvalue weighted by molar-refractivity contribution is 5.66. The maximum Gasteiger partial charge on any atom is 0.304 e. The third-order valence-corrected chi connectivity index (χ3v) is 4.05. The van der Waals surface area contributed by atoms with Crippen LogP contribution in [-0.2, 0) is 9.53 Å². The molecule has 0 bridgehead atoms. The lowest BCUT2D eigenvalue weighted by molar-refractivity contribution is -0.137. The topological polar surface area (TPSA) is 49.8 Å². The summed E-state index contributed by atoms with van der Waals surface area (Å²) >= 11 is 0. The number of rotatable bonds is 6. The quantitative estimate of drug-likeness (QED) is 0.771. The van der Waals surface area contributed by atoms with Gasteiger partial charge in [0.1, 0.15) is 0 Å². The molecule has 0 unspecified atom stereocenters. The monoisotopic (exact) mass is 241 g/mol. The third kappa shape index (κ3) is 3.68. The van der Waals surface area contributed by atoms with Crippen LogP contribution in [0.25, 0.3) is 0 Å². The van der Waals surface area contributed by atoms with Crippen molar-refractivity contribution < 1.29 is 14.6 Å². The fourth-order valence-corrected chi connectivity index (χ4v) is 2.91. The molecule has 98 valence electrons. The molecule has 4 heteroatoms. The molecule has 0 atom stereocenters. The molecule has 0 saturated heterocycles. The summed E-state index contributed by atoms with van der Waals surface area (Å²) in [6.45, 7) is 0.725. The van der Waals surface area contributed by atoms with Gasteiger partial charge in [-0.3, -0.25) is 9.69 Å². The first-order chi connectivity index (χ1) is 8.20. The van der Waals surface area contributed by atoms with Gasteiger partial charge < -0.3 is 9.84 Å². The predicted molar refractivity (Wildman–Crippen MR) is 65.0 cm³/mol. The number of hydrogen-bond acceptors (Lipinski definition) is 3. The molecule has 2 fully saturated rings. The number of ether oxygens (including phenoxy) is 1. The van der Waals surface area contributed by atoms with E-state index in [0.717, 1.165) is 32.2 Å². The normalized spacial score (nSPS) is 29.5. The van der Waals surface area contributed by atoms with Gasteiger partial charge in [0.25, 0.3) is 0 Å². The molecule has 2 rings (SSSR count). The molecule has 1 N–H and O–H groups in total. The standard InChI is InChI=1S/C13H23NO3/c1-17-12-6-4-11(5-7-12)14(10-2-3-10)9-8-13(15)16/h10-12H,2-9H2,1H3,(H,15,16). The number of aliphatic carboxylic acids is 1. The highest BCUT2D eigenvalue weighted by atomic mass is 16.5. The van der Waals surface area contributed by atoms with Crippen molar-refractivity contribution in [2.24, 2.45) is 0 Å². The van der Waals surface area contributed by atoms with Gasteiger partial charge in [-0.25, -0.2) is 0 Å². The summed E-state index contributed by atoms with van der Waals surface area (Å²) in [6.07, 6.45) is 7.78. The van der Waals surface area contributed by atoms with E-state index in [2.05, 4.69) is 4.90 Å². The number of nitrogens with zero attached hydrogens (tertiary/aromatic N) is 1. The fraction of sp³-hybridized carbons (Fsp3) is 0.923. The first-order valence-corrected chi connectivity index (χ1v) is 6.71. The minimum Gasteiger partial charge on any atom is -0.481 e. The second-order valence-electron chi connectivity index (χ2n) is 5.28. The summed E-state index contributed by atoms with van der Waals surface area (Å²) in [5.41, 5.74) is 0. The van der Waals surface area contributed by atoms with E-state index in [4.69, 9.17) is 9.84 Å². The lowest BCUT2D eigenvalue weighted by Crippen LogP contribution is -2.41. The van der Waals surface area contributed by atoms with Crippen LogP contribution in [0.15, 0.2) is 0 Å². The molecule has 0 radical (unpaired) electrons. The Balaban J connectivity index is 1.82. The van der Waals surface area contributed by atoms with E-state index in [9.17, 15) is 4.79 Å². The van der Waals surface area contributed by atoms with E-state index in [1.54, 1.807) is 7.11 Å². The molecular weight excluding hydrogens is 218 g/mol. The number of hydrogen-bond donors (Lipinski definition) is 1. The van der Waals surface area contributed by atoms with E-state index < -0.39 is 5.97 Å². The largest absolute Gasteiger partial charge is 0.481 e. The first kappa shape index (κ1) is 12.8. The Hall–Kier alpha value is -0.610. The van der Waals surface area contributed by atoms with Crippen molar-refractivity contribution in [1.29, 1.82) is 0 Å². The smallest absolute Gasteiger partial charge is 0.304 e. The summed E-state index contributed by atoms with van der Waals surface area (Å²) in [5, 5.41) is 8.80. The second kappa shape index (κ2) is 5.83. The zero-order valence-electron chi connectivity index (χ0n) is 10.6. The van der Waals surface area contributed by atoms with Crippen LogP contribution in [0.3, 0.4) is 0 Å². The van der Waals surface area contributed by atoms with Gasteiger partial charge in [0.05, 0.1) is 12.5 Å². The second-order valence-corrected chi connectivity index (χ2v) is 5.28. The van der Waals surface area contributed by atoms with Crippen LogP contribution in [0.1, 0.15) is 44.9 Å². The summed E-state index contributed by atoms with van der Waals surface area (Å²) in [5.74, 6) is -0.679. The fourth-order valence-electron chi connectivity index (χ4n) is 2.91. The Morgan fingerprint density at radius 1 is 1.18 bits per heavy atom. The van der Waals surface area contributed by atoms with Gasteiger partial charge in [0.15, 0.2) is 0 Å². The maximum atomic E-state index is 10.7. The van der Waals surface area contributed by atoms with Crippen molar-refractivity contribution >= 4 is 5.97 Å². The van der Waals surface area contributed by atoms with Crippen LogP contribution in [0, 0.1) is 0 Å². The Kier molecular flexibility index (Phi) is 4.40. The van der Waals surface area contributed by atoms with Crippen LogP contribution in [0.2, 0.25) is 0 Å². The van der Waals surface area contributed by atoms with Gasteiger partial charge in [-0.2, -0.15) is 0 Å². The van der Waals surface area contributed by atoms with Gasteiger partial charge in [-0.05, 0) is 38.5 Å². The maximum absolute atomic E-state index is 10.7. The Bertz CT molecular complexity index is 257. The molecular formula is C13H23NO3. The van der Waals surface area contributed by atoms with E-state index in [-0.39, 0.29) is 6.42 Å². The first-order valence-electron chi connectivity index (χ1n) is 6.71. The molecule has 0 spiro atoms. The summed E-state index contributed by atoms with van der Waals surface area (Å²) in [6, 6.07) is 1.26. The van der Waals surface area contributed by atoms with Crippen molar-refractivity contribution in [2.45, 2.75) is 63.1 Å². The number of carboxylic acid groups (broad SMARTS) is 1. The number of carboxylic acids is 1. The van der Waals surface area contributed by atoms with Crippen LogP contribution < -0.4 is 0 Å². The summed E-state index contributed by atoms with van der Waals surface area (Å²) in [7, 11) is 1.79. The van der Waals surface area contributed by atoms with Crippen LogP contribution in [0.4, 0.5) is 0 Å². The molecule has 0 amide bonds. The highest BCUT2D eigenvalue weighted by Gasteiger charge is 2.35. The Morgan fingerprint density at radius 3 is 2.12 bits per heavy atom. The zero-order valence-corrected chi connectivity index (χ0v) is 10.6. The molecule has 17 heavy (non-hydrogen) atoms. The zero-order chi connectivity index (χ0) is 12.3. The molecule has 0 aromatic carbocycles. The minimum absolute atomic E-state index is 0.278. The molecule has 0 aromatic heterocycles. The molecule has 0 heterocycles. The number of carbonyl (C=O) groups is 1. The van der Waals surface area contributed by atoms with E-state index in [0.29, 0.717) is 18.2 Å². The molecule has 2 saturated carbocycles. The summed E-state index contributed by atoms with van der Waals surface area (Å²) < 4.78 is 5.38. The Labute approximate surface area is 103 Å². The average molecular weight is 241 g/mol. The van der Waals surface area contributed by atoms with Crippen molar-refractivity contribution in [1.82, 2.24) is 4.90 Å². The van der Waals surface area contributed by atoms with Crippen molar-refractivity contribution in [2.75, 3.05) is 13.7 Å². The lowest BCUT2D eigenvalue weighted by atomic mass is 9.91. The molecule has 2 aliphatic carbocycles. The molecule has 0 aliphatic heterocycles. The SMILES string of the molecule is COC1CCC(N(CCC(=O)O)C2CC2)CC1. The van der Waals surface area contributed by atoms with Gasteiger partial charge in [0, 0.05) is 25.7 Å². The Morgan fingerprint density at radius 2 is 1.71 bits per heavy atom. The van der Waals surface area contributed by atoms with E-state index in [1.165, 1.54) is 12.8 Å². The van der Waals surface area contributed by atoms with Gasteiger partial charge >= 0.3 is 5.97 Å². The van der Waals surface area contributed by atoms with Gasteiger partial charge in [-0.1, -0.05) is 0 Å². The minimum atomic E-state index is -0.679. The number of methoxy groups -OCH3 is 1. The van der Waals surface area contributed by atoms with Crippen LogP contribution in [-0.4, -0.2) is 47.8 Å². The third-order valence-electron chi connectivity index (χ3n) is 4.05. The molecule has 4 nitrogen and oxygen atoms in total. The average Bonchev–Trinajstić information content (AvgIpc) is 3.14. The van der Waals surface area contributed by atoms with Crippen LogP contribution >= 0.6 is 0 Å². The highest BCUT2D eigenvalue weighted by Crippen LogP contribution is 2.34. The van der Waals surface area contributed by atoms with Crippen molar-refractivity contribution in [3.63, 3.8) is 0 Å². The van der Waals surface area contributed by atoms with E-state index >= 15 is 0 Å². The lowest BCUT2D eigenvalue weighted by Gasteiger charge is -2.36. The summed E-state index contributed by atoms with van der Waals surface area (Å²) in [4.78, 5) is 13.1. The molecule has 0 aromatic rings. The van der Waals surface area contributed by atoms with E-state index in [1.807, 2.05) is 0 Å². The van der Waals surface area contributed by atoms with Crippen molar-refractivity contribution in [3.8, 4) is 0 Å². The molecule has 2 aliphatic rings. The predicted octanol–water partition coefficient (Wildman–Crippen LogP) is 1.88. The van der Waals surface area contributed by atoms with Crippen molar-refractivity contribution in [3.05, 3.63) is 0 Å². The van der Waals surface area contributed by atoms with Gasteiger partial charge in [-0.15, -0.1) is 0 Å². The van der Waals surface area contributed by atoms with Crippen LogP contribution in [0.5, 0.6) is 0 Å².